The van der Waals surface area contributed by atoms with Crippen molar-refractivity contribution in [1.82, 2.24) is 0 Å². The van der Waals surface area contributed by atoms with Gasteiger partial charge in [0.25, 0.3) is 0 Å². The van der Waals surface area contributed by atoms with Crippen molar-refractivity contribution < 1.29 is 39.5 Å². The highest BCUT2D eigenvalue weighted by atomic mass is 35.5. The molecule has 0 aliphatic rings. The lowest BCUT2D eigenvalue weighted by atomic mass is 9.87. The van der Waals surface area contributed by atoms with E-state index >= 15 is 0 Å². The Balaban J connectivity index is 3.77. The van der Waals surface area contributed by atoms with Crippen LogP contribution in [-0.4, -0.2) is 18.3 Å². The van der Waals surface area contributed by atoms with Gasteiger partial charge in [0.05, 0.1) is 16.7 Å². The van der Waals surface area contributed by atoms with E-state index in [2.05, 4.69) is 0 Å². The normalized spacial score (nSPS) is 16.0. The van der Waals surface area contributed by atoms with E-state index in [0.717, 1.165) is 6.07 Å². The molecule has 1 rings (SSSR count). The number of benzene rings is 1. The van der Waals surface area contributed by atoms with Crippen LogP contribution in [0.5, 0.6) is 0 Å². The molecule has 11 heteroatoms. The summed E-state index contributed by atoms with van der Waals surface area (Å²) in [6.45, 7) is 0. The number of hydrogen-bond donors (Lipinski definition) is 0. The quantitative estimate of drug-likeness (QED) is 0.690. The number of rotatable bonds is 2. The number of halogens is 10. The van der Waals surface area contributed by atoms with Crippen molar-refractivity contribution in [2.45, 2.75) is 23.9 Å². The van der Waals surface area contributed by atoms with Gasteiger partial charge >= 0.3 is 23.9 Å². The van der Waals surface area contributed by atoms with Gasteiger partial charge in [0.1, 0.15) is 0 Å². The van der Waals surface area contributed by atoms with Crippen LogP contribution >= 0.6 is 11.6 Å². The van der Waals surface area contributed by atoms with Gasteiger partial charge in [-0.1, -0.05) is 11.6 Å². The first kappa shape index (κ1) is 18.4. The van der Waals surface area contributed by atoms with Crippen molar-refractivity contribution in [3.63, 3.8) is 0 Å². The van der Waals surface area contributed by atoms with Crippen molar-refractivity contribution in [3.8, 4) is 6.07 Å². The summed E-state index contributed by atoms with van der Waals surface area (Å²) in [5.41, 5.74) is -9.21. The zero-order chi connectivity index (χ0) is 17.6. The highest BCUT2D eigenvalue weighted by molar-refractivity contribution is 6.30. The van der Waals surface area contributed by atoms with E-state index in [1.54, 1.807) is 0 Å². The van der Waals surface area contributed by atoms with E-state index in [1.165, 1.54) is 0 Å². The second kappa shape index (κ2) is 5.22. The van der Waals surface area contributed by atoms with Gasteiger partial charge in [0.15, 0.2) is 0 Å². The smallest absolute Gasteiger partial charge is 0.221 e. The van der Waals surface area contributed by atoms with Crippen LogP contribution in [0.3, 0.4) is 0 Å². The molecule has 1 aromatic carbocycles. The van der Waals surface area contributed by atoms with E-state index in [4.69, 9.17) is 16.9 Å². The Hall–Kier alpha value is -1.63. The molecule has 1 radical (unpaired) electrons. The molecule has 0 saturated heterocycles. The van der Waals surface area contributed by atoms with Crippen molar-refractivity contribution >= 4 is 11.6 Å². The third-order valence-electron chi connectivity index (χ3n) is 2.53. The van der Waals surface area contributed by atoms with Crippen molar-refractivity contribution in [2.24, 2.45) is 0 Å². The number of nitriles is 1. The maximum atomic E-state index is 14.0. The molecule has 1 unspecified atom stereocenters. The standard InChI is InChI=1S/C11H2ClF9N/c12-7-2-5(4-22)1-6(3-7)8(13,10(16,17)18)9(14,15)11(19,20)21/h1,3H. The van der Waals surface area contributed by atoms with Crippen molar-refractivity contribution in [2.75, 3.05) is 0 Å². The Labute approximate surface area is 121 Å². The van der Waals surface area contributed by atoms with Gasteiger partial charge in [-0.15, -0.1) is 0 Å². The monoisotopic (exact) mass is 354 g/mol. The molecule has 121 valence electrons. The van der Waals surface area contributed by atoms with Crippen LogP contribution in [0.1, 0.15) is 11.1 Å². The van der Waals surface area contributed by atoms with Gasteiger partial charge in [-0.2, -0.15) is 40.4 Å². The molecule has 0 aromatic heterocycles. The minimum Gasteiger partial charge on any atom is -0.221 e. The average molecular weight is 355 g/mol. The average Bonchev–Trinajstić information content (AvgIpc) is 2.33. The van der Waals surface area contributed by atoms with E-state index in [9.17, 15) is 39.5 Å². The van der Waals surface area contributed by atoms with E-state index < -0.39 is 40.1 Å². The molecule has 0 N–H and O–H groups in total. The fourth-order valence-corrected chi connectivity index (χ4v) is 1.73. The molecule has 1 nitrogen and oxygen atoms in total. The molecule has 0 spiro atoms. The van der Waals surface area contributed by atoms with Crippen LogP contribution in [0.15, 0.2) is 12.1 Å². The fraction of sp³-hybridized carbons (Fsp3) is 0.364. The molecule has 0 amide bonds. The van der Waals surface area contributed by atoms with Crippen LogP contribution in [0.2, 0.25) is 5.02 Å². The summed E-state index contributed by atoms with van der Waals surface area (Å²) in [5, 5.41) is 7.53. The van der Waals surface area contributed by atoms with E-state index in [-0.39, 0.29) is 12.1 Å². The molecule has 0 aliphatic heterocycles. The SMILES string of the molecule is N#Cc1[c]c(Cl)cc(C(F)(C(F)(F)F)C(F)(F)C(F)(F)F)c1. The zero-order valence-corrected chi connectivity index (χ0v) is 10.6. The number of hydrogen-bond acceptors (Lipinski definition) is 1. The first-order valence-electron chi connectivity index (χ1n) is 5.02. The van der Waals surface area contributed by atoms with Gasteiger partial charge in [-0.25, -0.2) is 4.39 Å². The van der Waals surface area contributed by atoms with Crippen molar-refractivity contribution in [1.29, 1.82) is 5.26 Å². The second-order valence-corrected chi connectivity index (χ2v) is 4.38. The number of nitrogens with zero attached hydrogens (tertiary/aromatic N) is 1. The third-order valence-corrected chi connectivity index (χ3v) is 2.74. The van der Waals surface area contributed by atoms with Crippen LogP contribution in [0, 0.1) is 17.4 Å². The van der Waals surface area contributed by atoms with Crippen LogP contribution < -0.4 is 0 Å². The van der Waals surface area contributed by atoms with Gasteiger partial charge < -0.3 is 0 Å². The second-order valence-electron chi connectivity index (χ2n) is 3.97. The Kier molecular flexibility index (Phi) is 4.37. The highest BCUT2D eigenvalue weighted by Crippen LogP contribution is 2.58. The Morgan fingerprint density at radius 3 is 1.77 bits per heavy atom. The molecule has 0 bridgehead atoms. The predicted octanol–water partition coefficient (Wildman–Crippen LogP) is 4.94. The van der Waals surface area contributed by atoms with Crippen LogP contribution in [0.25, 0.3) is 0 Å². The molecule has 0 fully saturated rings. The van der Waals surface area contributed by atoms with E-state index in [1.807, 2.05) is 6.07 Å². The Morgan fingerprint density at radius 2 is 1.41 bits per heavy atom. The van der Waals surface area contributed by atoms with Gasteiger partial charge in [-0.3, -0.25) is 0 Å². The van der Waals surface area contributed by atoms with Gasteiger partial charge in [-0.05, 0) is 12.1 Å². The van der Waals surface area contributed by atoms with Crippen molar-refractivity contribution in [3.05, 3.63) is 34.3 Å². The topological polar surface area (TPSA) is 23.8 Å². The maximum Gasteiger partial charge on any atom is 0.457 e. The van der Waals surface area contributed by atoms with Gasteiger partial charge in [0, 0.05) is 11.6 Å². The molecule has 22 heavy (non-hydrogen) atoms. The van der Waals surface area contributed by atoms with Crippen LogP contribution in [-0.2, 0) is 5.67 Å². The highest BCUT2D eigenvalue weighted by Gasteiger charge is 2.81. The molecule has 1 atom stereocenters. The Bertz CT molecular complexity index is 613. The predicted molar refractivity (Wildman–Crippen MR) is 54.8 cm³/mol. The summed E-state index contributed by atoms with van der Waals surface area (Å²) < 4.78 is 115. The molecular weight excluding hydrogens is 353 g/mol. The molecule has 1 aromatic rings. The summed E-state index contributed by atoms with van der Waals surface area (Å²) >= 11 is 5.18. The minimum atomic E-state index is -6.84. The zero-order valence-electron chi connectivity index (χ0n) is 9.88. The summed E-state index contributed by atoms with van der Waals surface area (Å²) in [6.07, 6.45) is -13.5. The lowest BCUT2D eigenvalue weighted by Gasteiger charge is -2.36. The van der Waals surface area contributed by atoms with Crippen LogP contribution in [0.4, 0.5) is 39.5 Å². The number of alkyl halides is 9. The molecule has 0 heterocycles. The first-order valence-corrected chi connectivity index (χ1v) is 5.40. The first-order chi connectivity index (χ1) is 9.68. The summed E-state index contributed by atoms with van der Waals surface area (Å²) in [5.74, 6) is -6.81. The summed E-state index contributed by atoms with van der Waals surface area (Å²) in [4.78, 5) is 0. The minimum absolute atomic E-state index is 0.102. The molecular formula is C11H2ClF9N. The van der Waals surface area contributed by atoms with E-state index in [0.29, 0.717) is 0 Å². The largest absolute Gasteiger partial charge is 0.457 e. The third kappa shape index (κ3) is 2.69. The Morgan fingerprint density at radius 1 is 0.909 bits per heavy atom. The lowest BCUT2D eigenvalue weighted by molar-refractivity contribution is -0.389. The lowest BCUT2D eigenvalue weighted by Crippen LogP contribution is -2.59. The van der Waals surface area contributed by atoms with Gasteiger partial charge in [0.2, 0.25) is 0 Å². The molecule has 0 aliphatic carbocycles. The maximum absolute atomic E-state index is 14.0. The summed E-state index contributed by atoms with van der Waals surface area (Å²) in [6, 6.07) is 2.75. The summed E-state index contributed by atoms with van der Waals surface area (Å²) in [7, 11) is 0. The fourth-order valence-electron chi connectivity index (χ4n) is 1.51. The molecule has 0 saturated carbocycles.